The van der Waals surface area contributed by atoms with E-state index in [1.54, 1.807) is 35.8 Å². The van der Waals surface area contributed by atoms with Crippen molar-refractivity contribution in [1.82, 2.24) is 4.98 Å². The average Bonchev–Trinajstić information content (AvgIpc) is 3.44. The summed E-state index contributed by atoms with van der Waals surface area (Å²) in [4.78, 5) is 32.0. The number of hydrogen-bond acceptors (Lipinski definition) is 7. The number of aliphatic hydroxyl groups is 1. The number of thiophene rings is 1. The summed E-state index contributed by atoms with van der Waals surface area (Å²) in [6, 6.07) is 9.80. The quantitative estimate of drug-likeness (QED) is 0.385. The van der Waals surface area contributed by atoms with Crippen LogP contribution >= 0.6 is 22.7 Å². The van der Waals surface area contributed by atoms with Gasteiger partial charge in [-0.05, 0) is 30.5 Å². The highest BCUT2D eigenvalue weighted by atomic mass is 32.1. The van der Waals surface area contributed by atoms with Gasteiger partial charge in [0.05, 0.1) is 12.2 Å². The number of amides is 1. The second kappa shape index (κ2) is 7.57. The Labute approximate surface area is 169 Å². The summed E-state index contributed by atoms with van der Waals surface area (Å²) in [6.45, 7) is 2.34. The number of ether oxygens (including phenoxy) is 1. The number of aromatic nitrogens is 1. The molecule has 1 aliphatic heterocycles. The van der Waals surface area contributed by atoms with Crippen molar-refractivity contribution >= 4 is 45.3 Å². The van der Waals surface area contributed by atoms with Gasteiger partial charge in [-0.15, -0.1) is 22.7 Å². The largest absolute Gasteiger partial charge is 0.507 e. The summed E-state index contributed by atoms with van der Waals surface area (Å²) in [7, 11) is 0. The van der Waals surface area contributed by atoms with Crippen molar-refractivity contribution in [1.29, 1.82) is 0 Å². The van der Waals surface area contributed by atoms with E-state index in [1.165, 1.54) is 27.6 Å². The van der Waals surface area contributed by atoms with E-state index in [0.29, 0.717) is 23.1 Å². The second-order valence-electron chi connectivity index (χ2n) is 5.96. The van der Waals surface area contributed by atoms with E-state index in [9.17, 15) is 14.7 Å². The number of benzene rings is 1. The van der Waals surface area contributed by atoms with Crippen LogP contribution in [0.2, 0.25) is 0 Å². The molecule has 1 atom stereocenters. The maximum atomic E-state index is 12.9. The molecular formula is C20H16N2O4S2. The summed E-state index contributed by atoms with van der Waals surface area (Å²) in [5.74, 6) is -1.07. The van der Waals surface area contributed by atoms with E-state index in [1.807, 2.05) is 24.4 Å². The highest BCUT2D eigenvalue weighted by molar-refractivity contribution is 7.14. The fourth-order valence-electron chi connectivity index (χ4n) is 3.14. The molecule has 0 spiro atoms. The third kappa shape index (κ3) is 3.10. The van der Waals surface area contributed by atoms with Gasteiger partial charge in [0.15, 0.2) is 5.13 Å². The van der Waals surface area contributed by atoms with Crippen molar-refractivity contribution in [3.05, 3.63) is 69.4 Å². The number of carbonyl (C=O) groups is 2. The molecule has 1 unspecified atom stereocenters. The predicted molar refractivity (Wildman–Crippen MR) is 109 cm³/mol. The molecule has 1 aliphatic rings. The topological polar surface area (TPSA) is 79.7 Å². The van der Waals surface area contributed by atoms with Crippen molar-refractivity contribution in [3.8, 4) is 5.75 Å². The Balaban J connectivity index is 1.88. The molecule has 142 valence electrons. The molecule has 8 heteroatoms. The summed E-state index contributed by atoms with van der Waals surface area (Å²) in [6.07, 6.45) is 1.58. The minimum atomic E-state index is -0.729. The second-order valence-corrected chi connectivity index (χ2v) is 7.81. The standard InChI is InChI=1S/C20H16N2O4S2/c1-2-26-13-6-3-5-12(11-13)17(23)15-16(14-7-4-9-27-14)22(19(25)18(15)24)20-21-8-10-28-20/h3-11,16,23H,2H2,1H3. The van der Waals surface area contributed by atoms with Crippen LogP contribution < -0.4 is 9.64 Å². The molecule has 1 N–H and O–H groups in total. The summed E-state index contributed by atoms with van der Waals surface area (Å²) < 4.78 is 5.48. The monoisotopic (exact) mass is 412 g/mol. The molecule has 3 aromatic rings. The summed E-state index contributed by atoms with van der Waals surface area (Å²) in [5, 5.41) is 15.0. The van der Waals surface area contributed by atoms with Crippen LogP contribution in [-0.2, 0) is 9.59 Å². The van der Waals surface area contributed by atoms with Crippen LogP contribution in [0.1, 0.15) is 23.4 Å². The third-order valence-corrected chi connectivity index (χ3v) is 6.00. The molecule has 0 saturated carbocycles. The molecule has 3 heterocycles. The van der Waals surface area contributed by atoms with Crippen LogP contribution in [0.5, 0.6) is 5.75 Å². The van der Waals surface area contributed by atoms with Crippen molar-refractivity contribution in [2.75, 3.05) is 11.5 Å². The molecule has 28 heavy (non-hydrogen) atoms. The Morgan fingerprint density at radius 3 is 2.75 bits per heavy atom. The van der Waals surface area contributed by atoms with E-state index in [4.69, 9.17) is 4.74 Å². The molecule has 0 radical (unpaired) electrons. The van der Waals surface area contributed by atoms with E-state index >= 15 is 0 Å². The Hall–Kier alpha value is -2.97. The molecule has 0 aliphatic carbocycles. The Morgan fingerprint density at radius 1 is 1.21 bits per heavy atom. The molecule has 0 bridgehead atoms. The molecule has 1 saturated heterocycles. The van der Waals surface area contributed by atoms with Gasteiger partial charge in [0.2, 0.25) is 0 Å². The first-order chi connectivity index (χ1) is 13.6. The smallest absolute Gasteiger partial charge is 0.301 e. The first-order valence-electron chi connectivity index (χ1n) is 8.59. The average molecular weight is 412 g/mol. The van der Waals surface area contributed by atoms with Crippen molar-refractivity contribution in [2.24, 2.45) is 0 Å². The fourth-order valence-corrected chi connectivity index (χ4v) is 4.63. The molecule has 1 fully saturated rings. The van der Waals surface area contributed by atoms with Crippen LogP contribution in [0.15, 0.2) is 58.9 Å². The number of Topliss-reactive ketones (excluding diaryl/α,β-unsaturated/α-hetero) is 1. The molecule has 1 aromatic carbocycles. The number of anilines is 1. The van der Waals surface area contributed by atoms with Gasteiger partial charge >= 0.3 is 5.91 Å². The van der Waals surface area contributed by atoms with E-state index in [2.05, 4.69) is 4.98 Å². The number of hydrogen-bond donors (Lipinski definition) is 1. The molecule has 1 amide bonds. The number of rotatable bonds is 5. The zero-order valence-electron chi connectivity index (χ0n) is 14.9. The van der Waals surface area contributed by atoms with E-state index < -0.39 is 17.7 Å². The minimum absolute atomic E-state index is 0.0521. The zero-order chi connectivity index (χ0) is 19.7. The van der Waals surface area contributed by atoms with E-state index in [-0.39, 0.29) is 11.3 Å². The first-order valence-corrected chi connectivity index (χ1v) is 10.3. The van der Waals surface area contributed by atoms with Gasteiger partial charge < -0.3 is 9.84 Å². The van der Waals surface area contributed by atoms with Crippen LogP contribution in [-0.4, -0.2) is 28.4 Å². The van der Waals surface area contributed by atoms with Gasteiger partial charge in [0.1, 0.15) is 17.6 Å². The zero-order valence-corrected chi connectivity index (χ0v) is 16.5. The SMILES string of the molecule is CCOc1cccc(C(O)=C2C(=O)C(=O)N(c3nccs3)C2c2cccs2)c1. The van der Waals surface area contributed by atoms with Crippen LogP contribution in [0.4, 0.5) is 5.13 Å². The number of aliphatic hydroxyl groups excluding tert-OH is 1. The lowest BCUT2D eigenvalue weighted by molar-refractivity contribution is -0.132. The normalized spacial score (nSPS) is 18.6. The van der Waals surface area contributed by atoms with Crippen molar-refractivity contribution < 1.29 is 19.4 Å². The van der Waals surface area contributed by atoms with Gasteiger partial charge in [-0.3, -0.25) is 14.5 Å². The summed E-state index contributed by atoms with van der Waals surface area (Å²) >= 11 is 2.68. The lowest BCUT2D eigenvalue weighted by Crippen LogP contribution is -2.28. The summed E-state index contributed by atoms with van der Waals surface area (Å²) in [5.41, 5.74) is 0.473. The van der Waals surface area contributed by atoms with Crippen LogP contribution in [0, 0.1) is 0 Å². The van der Waals surface area contributed by atoms with E-state index in [0.717, 1.165) is 4.88 Å². The Kier molecular flexibility index (Phi) is 4.97. The molecule has 6 nitrogen and oxygen atoms in total. The lowest BCUT2D eigenvalue weighted by Gasteiger charge is -2.21. The van der Waals surface area contributed by atoms with Gasteiger partial charge in [-0.25, -0.2) is 4.98 Å². The molecular weight excluding hydrogens is 396 g/mol. The molecule has 2 aromatic heterocycles. The third-order valence-electron chi connectivity index (χ3n) is 4.30. The Bertz CT molecular complexity index is 1040. The predicted octanol–water partition coefficient (Wildman–Crippen LogP) is 4.23. The highest BCUT2D eigenvalue weighted by Crippen LogP contribution is 2.44. The number of ketones is 1. The molecule has 4 rings (SSSR count). The van der Waals surface area contributed by atoms with Crippen molar-refractivity contribution in [3.63, 3.8) is 0 Å². The van der Waals surface area contributed by atoms with Gasteiger partial charge in [-0.1, -0.05) is 18.2 Å². The highest BCUT2D eigenvalue weighted by Gasteiger charge is 2.48. The van der Waals surface area contributed by atoms with Gasteiger partial charge in [0.25, 0.3) is 5.78 Å². The maximum absolute atomic E-state index is 12.9. The van der Waals surface area contributed by atoms with Gasteiger partial charge in [-0.2, -0.15) is 0 Å². The fraction of sp³-hybridized carbons (Fsp3) is 0.150. The lowest BCUT2D eigenvalue weighted by atomic mass is 10.00. The number of carbonyl (C=O) groups excluding carboxylic acids is 2. The maximum Gasteiger partial charge on any atom is 0.301 e. The van der Waals surface area contributed by atoms with Gasteiger partial charge in [0, 0.05) is 22.0 Å². The van der Waals surface area contributed by atoms with Crippen molar-refractivity contribution in [2.45, 2.75) is 13.0 Å². The Morgan fingerprint density at radius 2 is 2.07 bits per heavy atom. The number of nitrogens with zero attached hydrogens (tertiary/aromatic N) is 2. The van der Waals surface area contributed by atoms with Crippen LogP contribution in [0.3, 0.4) is 0 Å². The minimum Gasteiger partial charge on any atom is -0.507 e. The number of thiazole rings is 1. The first kappa shape index (κ1) is 18.4. The van der Waals surface area contributed by atoms with Crippen LogP contribution in [0.25, 0.3) is 5.76 Å².